The number of rotatable bonds is 4. The molecule has 0 nitrogen and oxygen atoms in total. The van der Waals surface area contributed by atoms with Crippen LogP contribution in [0.25, 0.3) is 0 Å². The van der Waals surface area contributed by atoms with Crippen molar-refractivity contribution in [2.75, 3.05) is 0 Å². The Morgan fingerprint density at radius 1 is 0.818 bits per heavy atom. The van der Waals surface area contributed by atoms with E-state index in [9.17, 15) is 17.6 Å². The molecule has 0 saturated heterocycles. The average molecular weight is 391 g/mol. The highest BCUT2D eigenvalue weighted by Gasteiger charge is 2.57. The minimum atomic E-state index is -4.29. The van der Waals surface area contributed by atoms with Gasteiger partial charge in [-0.1, -0.05) is 72.9 Å². The van der Waals surface area contributed by atoms with Gasteiger partial charge in [-0.2, -0.15) is 17.6 Å². The van der Waals surface area contributed by atoms with Gasteiger partial charge in [-0.25, -0.2) is 0 Å². The van der Waals surface area contributed by atoms with Crippen LogP contribution in [0.3, 0.4) is 0 Å². The van der Waals surface area contributed by atoms with Crippen molar-refractivity contribution in [3.05, 3.63) is 60.2 Å². The lowest BCUT2D eigenvalue weighted by atomic mass is 10.1. The summed E-state index contributed by atoms with van der Waals surface area (Å²) in [7, 11) is -2.52. The van der Waals surface area contributed by atoms with Crippen molar-refractivity contribution in [2.24, 2.45) is 0 Å². The standard InChI is InChI=1S/C16H15BrF4Si/c1-22(2,12-8-4-3-5-9-12)14-11-7-6-10-13(14)15(18,19)16(17,20)21/h3-11H,1-2H3. The van der Waals surface area contributed by atoms with Gasteiger partial charge in [0.15, 0.2) is 0 Å². The fraction of sp³-hybridized carbons (Fsp3) is 0.250. The monoisotopic (exact) mass is 390 g/mol. The van der Waals surface area contributed by atoms with Crippen LogP contribution < -0.4 is 10.4 Å². The summed E-state index contributed by atoms with van der Waals surface area (Å²) in [5.74, 6) is -4.28. The highest BCUT2D eigenvalue weighted by atomic mass is 79.9. The summed E-state index contributed by atoms with van der Waals surface area (Å²) in [6.45, 7) is 3.76. The second kappa shape index (κ2) is 5.81. The van der Waals surface area contributed by atoms with Crippen LogP contribution in [-0.2, 0) is 5.92 Å². The number of alkyl halides is 5. The first-order chi connectivity index (χ1) is 10.1. The van der Waals surface area contributed by atoms with Gasteiger partial charge >= 0.3 is 10.8 Å². The third kappa shape index (κ3) is 2.99. The summed E-state index contributed by atoms with van der Waals surface area (Å²) in [4.78, 5) is -4.29. The zero-order chi connectivity index (χ0) is 16.6. The first kappa shape index (κ1) is 17.2. The second-order valence-corrected chi connectivity index (χ2v) is 11.0. The predicted molar refractivity (Wildman–Crippen MR) is 87.4 cm³/mol. The maximum atomic E-state index is 14.2. The van der Waals surface area contributed by atoms with E-state index in [0.717, 1.165) is 11.3 Å². The first-order valence-corrected chi connectivity index (χ1v) is 10.5. The fourth-order valence-corrected chi connectivity index (χ4v) is 5.44. The van der Waals surface area contributed by atoms with Crippen molar-refractivity contribution in [2.45, 2.75) is 23.8 Å². The van der Waals surface area contributed by atoms with Crippen LogP contribution in [0, 0.1) is 0 Å². The van der Waals surface area contributed by atoms with Gasteiger partial charge < -0.3 is 0 Å². The van der Waals surface area contributed by atoms with Crippen molar-refractivity contribution in [3.63, 3.8) is 0 Å². The molecule has 6 heteroatoms. The third-order valence-corrected chi connectivity index (χ3v) is 7.85. The molecule has 0 N–H and O–H groups in total. The van der Waals surface area contributed by atoms with E-state index >= 15 is 0 Å². The Morgan fingerprint density at radius 3 is 1.86 bits per heavy atom. The van der Waals surface area contributed by atoms with E-state index in [2.05, 4.69) is 0 Å². The lowest BCUT2D eigenvalue weighted by molar-refractivity contribution is -0.153. The SMILES string of the molecule is C[Si](C)(c1ccccc1)c1ccccc1C(F)(F)C(F)(F)Br. The molecule has 2 rings (SSSR count). The topological polar surface area (TPSA) is 0 Å². The van der Waals surface area contributed by atoms with Gasteiger partial charge in [-0.3, -0.25) is 0 Å². The molecule has 0 spiro atoms. The molecule has 0 unspecified atom stereocenters. The van der Waals surface area contributed by atoms with E-state index in [1.807, 2.05) is 59.4 Å². The highest BCUT2D eigenvalue weighted by molar-refractivity contribution is 9.10. The summed E-state index contributed by atoms with van der Waals surface area (Å²) >= 11 is 1.83. The molecule has 0 atom stereocenters. The summed E-state index contributed by atoms with van der Waals surface area (Å²) in [5.41, 5.74) is -0.614. The predicted octanol–water partition coefficient (Wildman–Crippen LogP) is 4.59. The molecule has 0 bridgehead atoms. The molecule has 0 amide bonds. The van der Waals surface area contributed by atoms with Crippen LogP contribution in [0.4, 0.5) is 17.6 Å². The van der Waals surface area contributed by atoms with E-state index < -0.39 is 24.4 Å². The number of halogens is 5. The van der Waals surface area contributed by atoms with Crippen molar-refractivity contribution in [3.8, 4) is 0 Å². The molecule has 0 aromatic heterocycles. The maximum absolute atomic E-state index is 14.2. The van der Waals surface area contributed by atoms with Gasteiger partial charge in [0, 0.05) is 5.56 Å². The summed E-state index contributed by atoms with van der Waals surface area (Å²) in [6.07, 6.45) is 0. The molecule has 0 heterocycles. The zero-order valence-corrected chi connectivity index (χ0v) is 14.7. The Morgan fingerprint density at radius 2 is 1.32 bits per heavy atom. The normalized spacial score (nSPS) is 13.2. The lowest BCUT2D eigenvalue weighted by Gasteiger charge is -2.31. The Labute approximate surface area is 136 Å². The number of benzene rings is 2. The Balaban J connectivity index is 2.64. The van der Waals surface area contributed by atoms with Crippen LogP contribution >= 0.6 is 15.9 Å². The second-order valence-electron chi connectivity index (χ2n) is 5.61. The van der Waals surface area contributed by atoms with Crippen LogP contribution in [0.2, 0.25) is 13.1 Å². The van der Waals surface area contributed by atoms with E-state index in [0.29, 0.717) is 5.19 Å². The van der Waals surface area contributed by atoms with E-state index in [-0.39, 0.29) is 0 Å². The lowest BCUT2D eigenvalue weighted by Crippen LogP contribution is -2.56. The molecule has 0 fully saturated rings. The van der Waals surface area contributed by atoms with E-state index in [4.69, 9.17) is 0 Å². The average Bonchev–Trinajstić information content (AvgIpc) is 2.47. The first-order valence-electron chi connectivity index (χ1n) is 6.68. The molecular formula is C16H15BrF4Si. The quantitative estimate of drug-likeness (QED) is 0.406. The molecule has 0 saturated carbocycles. The van der Waals surface area contributed by atoms with Gasteiger partial charge in [0.1, 0.15) is 8.07 Å². The molecule has 22 heavy (non-hydrogen) atoms. The van der Waals surface area contributed by atoms with Gasteiger partial charge in [-0.05, 0) is 21.1 Å². The van der Waals surface area contributed by atoms with E-state index in [1.165, 1.54) is 12.1 Å². The van der Waals surface area contributed by atoms with Crippen molar-refractivity contribution in [1.82, 2.24) is 0 Å². The zero-order valence-electron chi connectivity index (χ0n) is 12.1. The van der Waals surface area contributed by atoms with Crippen molar-refractivity contribution in [1.29, 1.82) is 0 Å². The van der Waals surface area contributed by atoms with Crippen LogP contribution in [-0.4, -0.2) is 12.9 Å². The van der Waals surface area contributed by atoms with Crippen molar-refractivity contribution < 1.29 is 17.6 Å². The van der Waals surface area contributed by atoms with Gasteiger partial charge in [-0.15, -0.1) is 0 Å². The van der Waals surface area contributed by atoms with Crippen LogP contribution in [0.15, 0.2) is 54.6 Å². The number of hydrogen-bond acceptors (Lipinski definition) is 0. The smallest absolute Gasteiger partial charge is 0.193 e. The Kier molecular flexibility index (Phi) is 4.55. The third-order valence-electron chi connectivity index (χ3n) is 3.79. The Hall–Kier alpha value is -1.14. The molecule has 0 aliphatic carbocycles. The summed E-state index contributed by atoms with van der Waals surface area (Å²) in [5, 5.41) is 1.22. The molecular weight excluding hydrogens is 376 g/mol. The van der Waals surface area contributed by atoms with Crippen molar-refractivity contribution >= 4 is 34.4 Å². The molecule has 2 aromatic carbocycles. The van der Waals surface area contributed by atoms with Gasteiger partial charge in [0.25, 0.3) is 0 Å². The number of hydrogen-bond donors (Lipinski definition) is 0. The molecule has 118 valence electrons. The fourth-order valence-electron chi connectivity index (χ4n) is 2.46. The Bertz CT molecular complexity index is 651. The van der Waals surface area contributed by atoms with E-state index in [1.54, 1.807) is 6.07 Å². The molecule has 0 radical (unpaired) electrons. The summed E-state index contributed by atoms with van der Waals surface area (Å²) in [6, 6.07) is 14.8. The highest BCUT2D eigenvalue weighted by Crippen LogP contribution is 2.46. The molecule has 0 aliphatic rings. The molecule has 0 aliphatic heterocycles. The summed E-state index contributed by atoms with van der Waals surface area (Å²) < 4.78 is 55.1. The van der Waals surface area contributed by atoms with Crippen LogP contribution in [0.5, 0.6) is 0 Å². The van der Waals surface area contributed by atoms with Gasteiger partial charge in [0.2, 0.25) is 0 Å². The van der Waals surface area contributed by atoms with Gasteiger partial charge in [0.05, 0.1) is 0 Å². The minimum absolute atomic E-state index is 0.310. The molecule has 2 aromatic rings. The maximum Gasteiger partial charge on any atom is 0.367 e. The minimum Gasteiger partial charge on any atom is -0.193 e. The largest absolute Gasteiger partial charge is 0.367 e. The van der Waals surface area contributed by atoms with Crippen LogP contribution in [0.1, 0.15) is 5.56 Å².